The summed E-state index contributed by atoms with van der Waals surface area (Å²) in [7, 11) is 0. The molecule has 1 heterocycles. The van der Waals surface area contributed by atoms with Crippen molar-refractivity contribution >= 4 is 28.2 Å². The highest BCUT2D eigenvalue weighted by molar-refractivity contribution is 6.00. The first-order valence-corrected chi connectivity index (χ1v) is 7.81. The van der Waals surface area contributed by atoms with Crippen LogP contribution in [0.5, 0.6) is 0 Å². The van der Waals surface area contributed by atoms with Crippen molar-refractivity contribution in [3.05, 3.63) is 75.6 Å². The maximum absolute atomic E-state index is 11.6. The molecule has 0 atom stereocenters. The number of aromatic amines is 1. The molecular weight excluding hydrogens is 316 g/mol. The predicted molar refractivity (Wildman–Crippen MR) is 100 cm³/mol. The molecule has 0 aliphatic rings. The SMILES string of the molecule is CC(=O)c1c(C)c2ccccc2[nH]c1=O.CC(=O)c1ccccc1N. The zero-order valence-corrected chi connectivity index (χ0v) is 14.4. The quantitative estimate of drug-likeness (QED) is 0.553. The van der Waals surface area contributed by atoms with Crippen LogP contribution < -0.4 is 11.3 Å². The van der Waals surface area contributed by atoms with Gasteiger partial charge in [-0.1, -0.05) is 30.3 Å². The Morgan fingerprint density at radius 3 is 2.08 bits per heavy atom. The van der Waals surface area contributed by atoms with Crippen LogP contribution in [0.3, 0.4) is 0 Å². The number of fused-ring (bicyclic) bond motifs is 1. The summed E-state index contributed by atoms with van der Waals surface area (Å²) < 4.78 is 0. The van der Waals surface area contributed by atoms with E-state index in [1.165, 1.54) is 13.8 Å². The number of rotatable bonds is 2. The van der Waals surface area contributed by atoms with E-state index in [4.69, 9.17) is 5.73 Å². The fourth-order valence-electron chi connectivity index (χ4n) is 2.65. The number of nitrogens with two attached hydrogens (primary N) is 1. The molecule has 3 N–H and O–H groups in total. The van der Waals surface area contributed by atoms with Crippen molar-refractivity contribution in [2.75, 3.05) is 5.73 Å². The number of Topliss-reactive ketones (excluding diaryl/α,β-unsaturated/α-hetero) is 2. The van der Waals surface area contributed by atoms with Crippen LogP contribution in [-0.2, 0) is 0 Å². The van der Waals surface area contributed by atoms with Gasteiger partial charge in [-0.15, -0.1) is 0 Å². The van der Waals surface area contributed by atoms with Gasteiger partial charge in [0.05, 0.1) is 5.56 Å². The number of H-pyrrole nitrogens is 1. The summed E-state index contributed by atoms with van der Waals surface area (Å²) in [5.41, 5.74) is 8.12. The third kappa shape index (κ3) is 4.01. The molecule has 0 fully saturated rings. The maximum atomic E-state index is 11.6. The number of pyridine rings is 1. The Morgan fingerprint density at radius 2 is 1.52 bits per heavy atom. The van der Waals surface area contributed by atoms with E-state index in [2.05, 4.69) is 4.98 Å². The van der Waals surface area contributed by atoms with E-state index in [9.17, 15) is 14.4 Å². The van der Waals surface area contributed by atoms with E-state index < -0.39 is 0 Å². The van der Waals surface area contributed by atoms with Gasteiger partial charge in [-0.2, -0.15) is 0 Å². The monoisotopic (exact) mass is 336 g/mol. The Balaban J connectivity index is 0.000000196. The van der Waals surface area contributed by atoms with Crippen LogP contribution in [0.25, 0.3) is 10.9 Å². The number of aryl methyl sites for hydroxylation is 1. The number of hydrogen-bond acceptors (Lipinski definition) is 4. The van der Waals surface area contributed by atoms with Crippen LogP contribution in [0.2, 0.25) is 0 Å². The van der Waals surface area contributed by atoms with Gasteiger partial charge >= 0.3 is 0 Å². The van der Waals surface area contributed by atoms with Crippen molar-refractivity contribution in [2.24, 2.45) is 0 Å². The van der Waals surface area contributed by atoms with Gasteiger partial charge in [0.25, 0.3) is 5.56 Å². The number of anilines is 1. The van der Waals surface area contributed by atoms with Gasteiger partial charge in [0.2, 0.25) is 0 Å². The Labute approximate surface area is 145 Å². The fraction of sp³-hybridized carbons (Fsp3) is 0.150. The molecule has 0 aliphatic heterocycles. The largest absolute Gasteiger partial charge is 0.398 e. The Morgan fingerprint density at radius 1 is 0.920 bits per heavy atom. The van der Waals surface area contributed by atoms with E-state index in [1.807, 2.05) is 30.3 Å². The van der Waals surface area contributed by atoms with E-state index in [0.717, 1.165) is 16.5 Å². The highest BCUT2D eigenvalue weighted by Gasteiger charge is 2.12. The first-order chi connectivity index (χ1) is 11.8. The minimum atomic E-state index is -0.307. The standard InChI is InChI=1S/C12H11NO2.C8H9NO/c1-7-9-5-3-4-6-10(9)13-12(15)11(7)8(2)14;1-6(10)7-4-2-3-5-8(7)9/h3-6H,1-2H3,(H,13,15);2-5H,9H2,1H3. The number of aromatic nitrogens is 1. The summed E-state index contributed by atoms with van der Waals surface area (Å²) in [5.74, 6) is -0.183. The minimum Gasteiger partial charge on any atom is -0.398 e. The van der Waals surface area contributed by atoms with Crippen molar-refractivity contribution in [2.45, 2.75) is 20.8 Å². The first-order valence-electron chi connectivity index (χ1n) is 7.81. The molecule has 0 spiro atoms. The molecule has 25 heavy (non-hydrogen) atoms. The van der Waals surface area contributed by atoms with E-state index in [0.29, 0.717) is 11.3 Å². The van der Waals surface area contributed by atoms with Crippen LogP contribution in [0, 0.1) is 6.92 Å². The Kier molecular flexibility index (Phi) is 5.49. The number of carbonyl (C=O) groups excluding carboxylic acids is 2. The number of carbonyl (C=O) groups is 2. The minimum absolute atomic E-state index is 0.0121. The molecule has 0 saturated heterocycles. The summed E-state index contributed by atoms with van der Waals surface area (Å²) in [5, 5.41) is 0.919. The summed E-state index contributed by atoms with van der Waals surface area (Å²) in [6.45, 7) is 4.71. The number of hydrogen-bond donors (Lipinski definition) is 2. The molecule has 2 aromatic carbocycles. The lowest BCUT2D eigenvalue weighted by Crippen LogP contribution is -2.18. The van der Waals surface area contributed by atoms with Crippen LogP contribution >= 0.6 is 0 Å². The first kappa shape index (κ1) is 18.1. The molecule has 0 amide bonds. The zero-order valence-electron chi connectivity index (χ0n) is 14.4. The normalized spacial score (nSPS) is 10.0. The van der Waals surface area contributed by atoms with Crippen molar-refractivity contribution in [3.8, 4) is 0 Å². The molecule has 5 nitrogen and oxygen atoms in total. The summed E-state index contributed by atoms with van der Waals surface area (Å²) in [4.78, 5) is 36.4. The van der Waals surface area contributed by atoms with E-state index >= 15 is 0 Å². The molecule has 1 aromatic heterocycles. The zero-order chi connectivity index (χ0) is 18.6. The van der Waals surface area contributed by atoms with Crippen LogP contribution in [0.1, 0.15) is 40.1 Å². The predicted octanol–water partition coefficient (Wildman–Crippen LogP) is 3.51. The second-order valence-electron chi connectivity index (χ2n) is 5.70. The molecule has 0 unspecified atom stereocenters. The van der Waals surface area contributed by atoms with Gasteiger partial charge in [0, 0.05) is 22.2 Å². The number of ketones is 2. The molecule has 5 heteroatoms. The highest BCUT2D eigenvalue weighted by atomic mass is 16.1. The smallest absolute Gasteiger partial charge is 0.259 e. The average molecular weight is 336 g/mol. The lowest BCUT2D eigenvalue weighted by atomic mass is 10.0. The van der Waals surface area contributed by atoms with Crippen molar-refractivity contribution in [1.29, 1.82) is 0 Å². The van der Waals surface area contributed by atoms with Gasteiger partial charge in [-0.3, -0.25) is 14.4 Å². The van der Waals surface area contributed by atoms with Crippen molar-refractivity contribution in [1.82, 2.24) is 4.98 Å². The van der Waals surface area contributed by atoms with E-state index in [-0.39, 0.29) is 22.7 Å². The fourth-order valence-corrected chi connectivity index (χ4v) is 2.65. The van der Waals surface area contributed by atoms with Gasteiger partial charge in [0.1, 0.15) is 0 Å². The van der Waals surface area contributed by atoms with E-state index in [1.54, 1.807) is 25.1 Å². The molecule has 0 aliphatic carbocycles. The molecule has 128 valence electrons. The van der Waals surface area contributed by atoms with Gasteiger partial charge in [0.15, 0.2) is 11.6 Å². The number of para-hydroxylation sites is 2. The Bertz CT molecular complexity index is 1000. The summed E-state index contributed by atoms with van der Waals surface area (Å²) >= 11 is 0. The topological polar surface area (TPSA) is 93.0 Å². The second-order valence-corrected chi connectivity index (χ2v) is 5.70. The van der Waals surface area contributed by atoms with Gasteiger partial charge in [-0.05, 0) is 44.5 Å². The lowest BCUT2D eigenvalue weighted by molar-refractivity contribution is 0.100. The summed E-state index contributed by atoms with van der Waals surface area (Å²) in [6, 6.07) is 14.5. The third-order valence-corrected chi connectivity index (χ3v) is 3.87. The third-order valence-electron chi connectivity index (χ3n) is 3.87. The van der Waals surface area contributed by atoms with Crippen LogP contribution in [-0.4, -0.2) is 16.6 Å². The number of benzene rings is 2. The van der Waals surface area contributed by atoms with Gasteiger partial charge in [-0.25, -0.2) is 0 Å². The molecule has 3 rings (SSSR count). The van der Waals surface area contributed by atoms with Crippen LogP contribution in [0.4, 0.5) is 5.69 Å². The molecule has 0 bridgehead atoms. The summed E-state index contributed by atoms with van der Waals surface area (Å²) in [6.07, 6.45) is 0. The van der Waals surface area contributed by atoms with Crippen molar-refractivity contribution < 1.29 is 9.59 Å². The lowest BCUT2D eigenvalue weighted by Gasteiger charge is -2.05. The molecule has 0 radical (unpaired) electrons. The average Bonchev–Trinajstić information content (AvgIpc) is 2.55. The number of nitrogen functional groups attached to an aromatic ring is 1. The van der Waals surface area contributed by atoms with Crippen molar-refractivity contribution in [3.63, 3.8) is 0 Å². The molecular formula is C20H20N2O3. The molecule has 0 saturated carbocycles. The maximum Gasteiger partial charge on any atom is 0.259 e. The number of nitrogens with one attached hydrogen (secondary N) is 1. The second kappa shape index (κ2) is 7.57. The molecule has 3 aromatic rings. The van der Waals surface area contributed by atoms with Gasteiger partial charge < -0.3 is 10.7 Å². The Hall–Kier alpha value is -3.21. The van der Waals surface area contributed by atoms with Crippen LogP contribution in [0.15, 0.2) is 53.3 Å². The highest BCUT2D eigenvalue weighted by Crippen LogP contribution is 2.16.